The molecular weight excluding hydrogens is 274 g/mol. The molecule has 0 aromatic carbocycles. The fraction of sp³-hybridized carbons (Fsp3) is 0.545. The van der Waals surface area contributed by atoms with Gasteiger partial charge in [-0.15, -0.1) is 11.3 Å². The van der Waals surface area contributed by atoms with Gasteiger partial charge in [0.2, 0.25) is 0 Å². The Balaban J connectivity index is 2.36. The summed E-state index contributed by atoms with van der Waals surface area (Å²) in [6, 6.07) is 2.21. The van der Waals surface area contributed by atoms with Crippen molar-refractivity contribution in [3.63, 3.8) is 0 Å². The summed E-state index contributed by atoms with van der Waals surface area (Å²) < 4.78 is 26.0. The lowest BCUT2D eigenvalue weighted by atomic mass is 10.1. The van der Waals surface area contributed by atoms with E-state index in [1.807, 2.05) is 6.92 Å². The first-order valence-corrected chi connectivity index (χ1v) is 7.98. The monoisotopic (exact) mass is 288 g/mol. The molecule has 18 heavy (non-hydrogen) atoms. The summed E-state index contributed by atoms with van der Waals surface area (Å²) in [5, 5.41) is 11.0. The average molecular weight is 288 g/mol. The van der Waals surface area contributed by atoms with Gasteiger partial charge in [0.15, 0.2) is 0 Å². The zero-order valence-corrected chi connectivity index (χ0v) is 11.6. The Labute approximate surface area is 110 Å². The first kappa shape index (κ1) is 13.5. The summed E-state index contributed by atoms with van der Waals surface area (Å²) >= 11 is 1.16. The van der Waals surface area contributed by atoms with E-state index in [-0.39, 0.29) is 10.8 Å². The zero-order chi connectivity index (χ0) is 13.3. The van der Waals surface area contributed by atoms with Gasteiger partial charge in [0.05, 0.1) is 12.0 Å². The van der Waals surface area contributed by atoms with Crippen LogP contribution >= 0.6 is 11.3 Å². The minimum atomic E-state index is -3.70. The molecule has 1 atom stereocenters. The number of sulfonamides is 1. The van der Waals surface area contributed by atoms with E-state index in [0.29, 0.717) is 19.3 Å². The van der Waals surface area contributed by atoms with Crippen LogP contribution in [0.1, 0.15) is 24.1 Å². The second kappa shape index (κ2) is 4.99. The molecule has 1 aromatic rings. The number of carboxylic acids is 1. The topological polar surface area (TPSA) is 77.5 Å². The standard InChI is InChI=1S/C11H15NO4S2/c1-8-5-6-10(17-8)18(15,16)12-7-3-2-4-9(12)11(13)14/h5-6,9H,2-4,7H2,1H3,(H,13,14)/p-1/t9-/m0/s1. The summed E-state index contributed by atoms with van der Waals surface area (Å²) in [4.78, 5) is 11.9. The normalized spacial score (nSPS) is 21.9. The molecule has 1 aromatic heterocycles. The SMILES string of the molecule is Cc1ccc(S(=O)(=O)N2CCCC[C@H]2C(=O)[O-])s1. The van der Waals surface area contributed by atoms with Crippen LogP contribution in [0.25, 0.3) is 0 Å². The third kappa shape index (κ3) is 2.43. The van der Waals surface area contributed by atoms with Crippen LogP contribution in [0, 0.1) is 6.92 Å². The van der Waals surface area contributed by atoms with Gasteiger partial charge in [-0.3, -0.25) is 0 Å². The van der Waals surface area contributed by atoms with E-state index in [1.54, 1.807) is 6.07 Å². The Bertz CT molecular complexity index is 549. The highest BCUT2D eigenvalue weighted by Gasteiger charge is 2.34. The van der Waals surface area contributed by atoms with E-state index in [2.05, 4.69) is 0 Å². The summed E-state index contributed by atoms with van der Waals surface area (Å²) in [7, 11) is -3.70. The number of carbonyl (C=O) groups excluding carboxylic acids is 1. The molecule has 0 bridgehead atoms. The van der Waals surface area contributed by atoms with E-state index < -0.39 is 22.0 Å². The quantitative estimate of drug-likeness (QED) is 0.804. The van der Waals surface area contributed by atoms with Gasteiger partial charge < -0.3 is 9.90 Å². The van der Waals surface area contributed by atoms with E-state index in [1.165, 1.54) is 6.07 Å². The Hall–Kier alpha value is -0.920. The largest absolute Gasteiger partial charge is 0.548 e. The maximum atomic E-state index is 12.4. The smallest absolute Gasteiger partial charge is 0.253 e. The lowest BCUT2D eigenvalue weighted by molar-refractivity contribution is -0.311. The molecule has 0 N–H and O–H groups in total. The fourth-order valence-electron chi connectivity index (χ4n) is 2.09. The maximum Gasteiger partial charge on any atom is 0.253 e. The highest BCUT2D eigenvalue weighted by atomic mass is 32.2. The Morgan fingerprint density at radius 1 is 1.44 bits per heavy atom. The van der Waals surface area contributed by atoms with Crippen molar-refractivity contribution < 1.29 is 18.3 Å². The van der Waals surface area contributed by atoms with E-state index in [9.17, 15) is 18.3 Å². The zero-order valence-electron chi connectivity index (χ0n) is 9.96. The van der Waals surface area contributed by atoms with Gasteiger partial charge in [-0.2, -0.15) is 4.31 Å². The van der Waals surface area contributed by atoms with E-state index in [0.717, 1.165) is 20.5 Å². The molecule has 1 saturated heterocycles. The highest BCUT2D eigenvalue weighted by molar-refractivity contribution is 7.91. The molecule has 0 unspecified atom stereocenters. The molecule has 0 aliphatic carbocycles. The summed E-state index contributed by atoms with van der Waals surface area (Å²) in [6.07, 6.45) is 1.73. The van der Waals surface area contributed by atoms with Crippen LogP contribution in [0.5, 0.6) is 0 Å². The van der Waals surface area contributed by atoms with Crippen molar-refractivity contribution in [1.29, 1.82) is 0 Å². The van der Waals surface area contributed by atoms with Crippen molar-refractivity contribution in [3.8, 4) is 0 Å². The average Bonchev–Trinajstić information content (AvgIpc) is 2.76. The van der Waals surface area contributed by atoms with Crippen LogP contribution < -0.4 is 5.11 Å². The molecule has 5 nitrogen and oxygen atoms in total. The van der Waals surface area contributed by atoms with Crippen LogP contribution in [0.3, 0.4) is 0 Å². The molecule has 1 aliphatic heterocycles. The fourth-order valence-corrected chi connectivity index (χ4v) is 5.15. The lowest BCUT2D eigenvalue weighted by Gasteiger charge is -2.34. The predicted octanol–water partition coefficient (Wildman–Crippen LogP) is 0.350. The number of hydrogen-bond donors (Lipinski definition) is 0. The molecule has 0 saturated carbocycles. The number of rotatable bonds is 3. The molecule has 2 heterocycles. The molecule has 1 fully saturated rings. The van der Waals surface area contributed by atoms with Crippen molar-refractivity contribution in [2.75, 3.05) is 6.54 Å². The lowest BCUT2D eigenvalue weighted by Crippen LogP contribution is -2.52. The highest BCUT2D eigenvalue weighted by Crippen LogP contribution is 2.29. The summed E-state index contributed by atoms with van der Waals surface area (Å²) in [5.74, 6) is -1.31. The molecule has 0 spiro atoms. The van der Waals surface area contributed by atoms with E-state index >= 15 is 0 Å². The van der Waals surface area contributed by atoms with Crippen molar-refractivity contribution >= 4 is 27.3 Å². The predicted molar refractivity (Wildman–Crippen MR) is 65.6 cm³/mol. The number of piperidine rings is 1. The van der Waals surface area contributed by atoms with Crippen LogP contribution in [-0.2, 0) is 14.8 Å². The van der Waals surface area contributed by atoms with Gasteiger partial charge >= 0.3 is 0 Å². The third-order valence-corrected chi connectivity index (χ3v) is 6.38. The van der Waals surface area contributed by atoms with Gasteiger partial charge in [0.25, 0.3) is 10.0 Å². The number of aryl methyl sites for hydroxylation is 1. The number of carbonyl (C=O) groups is 1. The maximum absolute atomic E-state index is 12.4. The van der Waals surface area contributed by atoms with Crippen molar-refractivity contribution in [1.82, 2.24) is 4.31 Å². The number of hydrogen-bond acceptors (Lipinski definition) is 5. The molecule has 2 rings (SSSR count). The second-order valence-corrected chi connectivity index (χ2v) is 7.72. The van der Waals surface area contributed by atoms with Gasteiger partial charge in [-0.25, -0.2) is 8.42 Å². The van der Waals surface area contributed by atoms with Gasteiger partial charge in [-0.1, -0.05) is 6.42 Å². The van der Waals surface area contributed by atoms with Crippen molar-refractivity contribution in [2.24, 2.45) is 0 Å². The first-order chi connectivity index (χ1) is 8.43. The van der Waals surface area contributed by atoms with E-state index in [4.69, 9.17) is 0 Å². The van der Waals surface area contributed by atoms with Crippen LogP contribution in [0.15, 0.2) is 16.3 Å². The molecule has 0 radical (unpaired) electrons. The Morgan fingerprint density at radius 3 is 2.72 bits per heavy atom. The minimum Gasteiger partial charge on any atom is -0.548 e. The van der Waals surface area contributed by atoms with Gasteiger partial charge in [0.1, 0.15) is 4.21 Å². The Kier molecular flexibility index (Phi) is 3.74. The number of thiophene rings is 1. The van der Waals surface area contributed by atoms with Gasteiger partial charge in [0, 0.05) is 11.4 Å². The second-order valence-electron chi connectivity index (χ2n) is 4.31. The number of aliphatic carboxylic acids is 1. The van der Waals surface area contributed by atoms with Crippen LogP contribution in [0.2, 0.25) is 0 Å². The molecular formula is C11H14NO4S2-. The number of carboxylic acid groups (broad SMARTS) is 1. The summed E-state index contributed by atoms with van der Waals surface area (Å²) in [6.45, 7) is 2.06. The third-order valence-electron chi connectivity index (χ3n) is 3.00. The molecule has 7 heteroatoms. The van der Waals surface area contributed by atoms with Crippen molar-refractivity contribution in [3.05, 3.63) is 17.0 Å². The number of nitrogens with zero attached hydrogens (tertiary/aromatic N) is 1. The molecule has 1 aliphatic rings. The Morgan fingerprint density at radius 2 is 2.17 bits per heavy atom. The van der Waals surface area contributed by atoms with Crippen LogP contribution in [-0.4, -0.2) is 31.3 Å². The van der Waals surface area contributed by atoms with Crippen LogP contribution in [0.4, 0.5) is 0 Å². The molecule has 100 valence electrons. The van der Waals surface area contributed by atoms with Gasteiger partial charge in [-0.05, 0) is 31.9 Å². The minimum absolute atomic E-state index is 0.202. The van der Waals surface area contributed by atoms with Crippen molar-refractivity contribution in [2.45, 2.75) is 36.4 Å². The first-order valence-electron chi connectivity index (χ1n) is 5.72. The molecule has 0 amide bonds. The summed E-state index contributed by atoms with van der Waals surface area (Å²) in [5.41, 5.74) is 0.